The van der Waals surface area contributed by atoms with Crippen LogP contribution in [0.2, 0.25) is 0 Å². The van der Waals surface area contributed by atoms with E-state index in [1.54, 1.807) is 36.5 Å². The lowest BCUT2D eigenvalue weighted by molar-refractivity contribution is 0.0950. The number of sulfone groups is 1. The van der Waals surface area contributed by atoms with Gasteiger partial charge in [-0.3, -0.25) is 9.89 Å². The highest BCUT2D eigenvalue weighted by molar-refractivity contribution is 7.91. The fourth-order valence-electron chi connectivity index (χ4n) is 3.07. The van der Waals surface area contributed by atoms with Crippen molar-refractivity contribution < 1.29 is 17.9 Å². The third kappa shape index (κ3) is 4.41. The summed E-state index contributed by atoms with van der Waals surface area (Å²) in [6.07, 6.45) is 3.07. The van der Waals surface area contributed by atoms with E-state index in [2.05, 4.69) is 20.5 Å². The summed E-state index contributed by atoms with van der Waals surface area (Å²) in [6.45, 7) is 2.54. The first-order chi connectivity index (χ1) is 15.0. The molecule has 0 aliphatic heterocycles. The van der Waals surface area contributed by atoms with E-state index in [0.29, 0.717) is 23.6 Å². The summed E-state index contributed by atoms with van der Waals surface area (Å²) in [5.74, 6) is 0.228. The van der Waals surface area contributed by atoms with Gasteiger partial charge in [0, 0.05) is 18.1 Å². The smallest absolute Gasteiger partial charge is 0.253 e. The molecule has 0 saturated heterocycles. The van der Waals surface area contributed by atoms with Crippen LogP contribution in [0, 0.1) is 0 Å². The molecule has 4 rings (SSSR count). The van der Waals surface area contributed by atoms with Crippen LogP contribution >= 0.6 is 0 Å². The number of H-pyrrole nitrogens is 1. The fraction of sp³-hybridized carbons (Fsp3) is 0.136. The summed E-state index contributed by atoms with van der Waals surface area (Å²) in [5, 5.41) is 10.2. The Morgan fingerprint density at radius 3 is 2.65 bits per heavy atom. The van der Waals surface area contributed by atoms with Crippen molar-refractivity contribution in [3.63, 3.8) is 0 Å². The Morgan fingerprint density at radius 2 is 1.87 bits per heavy atom. The topological polar surface area (TPSA) is 114 Å². The second-order valence-electron chi connectivity index (χ2n) is 6.77. The van der Waals surface area contributed by atoms with Crippen molar-refractivity contribution in [2.45, 2.75) is 23.3 Å². The number of fused-ring (bicyclic) bond motifs is 1. The van der Waals surface area contributed by atoms with Gasteiger partial charge in [-0.15, -0.1) is 0 Å². The Bertz CT molecular complexity index is 1330. The lowest BCUT2D eigenvalue weighted by Crippen LogP contribution is -2.22. The number of hydrogen-bond acceptors (Lipinski definition) is 6. The summed E-state index contributed by atoms with van der Waals surface area (Å²) >= 11 is 0. The number of carbonyl (C=O) groups excluding carboxylic acids is 1. The van der Waals surface area contributed by atoms with Crippen LogP contribution in [0.15, 0.2) is 76.8 Å². The predicted octanol–water partition coefficient (Wildman–Crippen LogP) is 3.12. The number of rotatable bonds is 7. The molecule has 2 aromatic carbocycles. The molecule has 0 bridgehead atoms. The van der Waals surface area contributed by atoms with E-state index in [9.17, 15) is 13.2 Å². The second kappa shape index (κ2) is 8.57. The normalized spacial score (nSPS) is 11.4. The van der Waals surface area contributed by atoms with Gasteiger partial charge in [0.1, 0.15) is 5.75 Å². The molecule has 1 amide bonds. The van der Waals surface area contributed by atoms with Crippen molar-refractivity contribution in [1.82, 2.24) is 20.5 Å². The Balaban J connectivity index is 1.45. The van der Waals surface area contributed by atoms with Crippen LogP contribution in [-0.2, 0) is 16.4 Å². The first kappa shape index (κ1) is 20.5. The van der Waals surface area contributed by atoms with Crippen molar-refractivity contribution in [1.29, 1.82) is 0 Å². The largest absolute Gasteiger partial charge is 0.494 e. The number of carbonyl (C=O) groups is 1. The zero-order valence-electron chi connectivity index (χ0n) is 16.7. The second-order valence-corrected chi connectivity index (χ2v) is 8.72. The Labute approximate surface area is 179 Å². The van der Waals surface area contributed by atoms with E-state index in [1.807, 2.05) is 6.92 Å². The molecule has 8 nitrogen and oxygen atoms in total. The van der Waals surface area contributed by atoms with Gasteiger partial charge in [0.05, 0.1) is 28.2 Å². The van der Waals surface area contributed by atoms with Crippen molar-refractivity contribution in [3.8, 4) is 5.75 Å². The van der Waals surface area contributed by atoms with E-state index in [-0.39, 0.29) is 22.2 Å². The van der Waals surface area contributed by atoms with E-state index in [4.69, 9.17) is 4.74 Å². The van der Waals surface area contributed by atoms with Crippen LogP contribution < -0.4 is 10.1 Å². The quantitative estimate of drug-likeness (QED) is 0.460. The monoisotopic (exact) mass is 436 g/mol. The van der Waals surface area contributed by atoms with Gasteiger partial charge in [0.25, 0.3) is 5.91 Å². The fourth-order valence-corrected chi connectivity index (χ4v) is 4.36. The first-order valence-corrected chi connectivity index (χ1v) is 11.1. The Kier molecular flexibility index (Phi) is 5.68. The molecule has 0 unspecified atom stereocenters. The number of nitrogens with zero attached hydrogens (tertiary/aromatic N) is 2. The van der Waals surface area contributed by atoms with Crippen LogP contribution in [0.5, 0.6) is 5.75 Å². The Hall–Kier alpha value is -3.72. The molecule has 31 heavy (non-hydrogen) atoms. The lowest BCUT2D eigenvalue weighted by Gasteiger charge is -2.09. The number of aromatic amines is 1. The maximum Gasteiger partial charge on any atom is 0.253 e. The maximum absolute atomic E-state index is 12.9. The molecule has 0 saturated carbocycles. The van der Waals surface area contributed by atoms with Crippen LogP contribution in [0.4, 0.5) is 0 Å². The van der Waals surface area contributed by atoms with E-state index in [1.165, 1.54) is 30.5 Å². The zero-order valence-corrected chi connectivity index (χ0v) is 17.5. The molecule has 2 N–H and O–H groups in total. The van der Waals surface area contributed by atoms with Crippen LogP contribution in [0.3, 0.4) is 0 Å². The highest BCUT2D eigenvalue weighted by atomic mass is 32.2. The van der Waals surface area contributed by atoms with Crippen LogP contribution in [0.25, 0.3) is 11.0 Å². The number of aromatic nitrogens is 3. The number of hydrogen-bond donors (Lipinski definition) is 2. The summed E-state index contributed by atoms with van der Waals surface area (Å²) in [7, 11) is -3.67. The third-order valence-corrected chi connectivity index (χ3v) is 6.43. The molecule has 158 valence electrons. The van der Waals surface area contributed by atoms with E-state index >= 15 is 0 Å². The van der Waals surface area contributed by atoms with Crippen molar-refractivity contribution in [2.24, 2.45) is 0 Å². The van der Waals surface area contributed by atoms with Crippen molar-refractivity contribution in [2.75, 3.05) is 6.61 Å². The molecular weight excluding hydrogens is 416 g/mol. The van der Waals surface area contributed by atoms with E-state index in [0.717, 1.165) is 10.9 Å². The molecule has 2 heterocycles. The maximum atomic E-state index is 12.9. The summed E-state index contributed by atoms with van der Waals surface area (Å²) < 4.78 is 31.2. The number of nitrogens with one attached hydrogen (secondary N) is 2. The van der Waals surface area contributed by atoms with Gasteiger partial charge in [0.2, 0.25) is 9.84 Å². The Morgan fingerprint density at radius 1 is 1.06 bits per heavy atom. The minimum absolute atomic E-state index is 0.168. The number of pyridine rings is 1. The molecule has 0 aliphatic carbocycles. The third-order valence-electron chi connectivity index (χ3n) is 4.67. The molecule has 0 spiro atoms. The van der Waals surface area contributed by atoms with Gasteiger partial charge in [0.15, 0.2) is 5.65 Å². The van der Waals surface area contributed by atoms with Crippen molar-refractivity contribution in [3.05, 3.63) is 78.1 Å². The summed E-state index contributed by atoms with van der Waals surface area (Å²) in [4.78, 5) is 16.9. The van der Waals surface area contributed by atoms with Crippen molar-refractivity contribution >= 4 is 26.8 Å². The molecular formula is C22H20N4O4S. The number of benzene rings is 2. The molecule has 2 aromatic heterocycles. The van der Waals surface area contributed by atoms with Gasteiger partial charge in [-0.05, 0) is 48.9 Å². The molecule has 0 radical (unpaired) electrons. The molecule has 0 fully saturated rings. The SMILES string of the molecule is CCOc1cccc(S(=O)(=O)c2ccc(CNC(=O)c3cnc4[nH]ncc4c3)cc2)c1. The van der Waals surface area contributed by atoms with Gasteiger partial charge < -0.3 is 10.1 Å². The minimum Gasteiger partial charge on any atom is -0.494 e. The minimum atomic E-state index is -3.67. The molecule has 0 atom stereocenters. The highest BCUT2D eigenvalue weighted by Gasteiger charge is 2.18. The highest BCUT2D eigenvalue weighted by Crippen LogP contribution is 2.24. The average molecular weight is 436 g/mol. The molecule has 0 aliphatic rings. The summed E-state index contributed by atoms with van der Waals surface area (Å²) in [5.41, 5.74) is 1.80. The summed E-state index contributed by atoms with van der Waals surface area (Å²) in [6, 6.07) is 14.5. The van der Waals surface area contributed by atoms with Gasteiger partial charge >= 0.3 is 0 Å². The van der Waals surface area contributed by atoms with Crippen LogP contribution in [-0.4, -0.2) is 36.1 Å². The van der Waals surface area contributed by atoms with Gasteiger partial charge in [-0.1, -0.05) is 18.2 Å². The van der Waals surface area contributed by atoms with E-state index < -0.39 is 9.84 Å². The standard InChI is InChI=1S/C22H20N4O4S/c1-2-30-18-4-3-5-20(11-18)31(28,29)19-8-6-15(7-9-19)12-24-22(27)17-10-16-14-25-26-21(16)23-13-17/h3-11,13-14H,2,12H2,1H3,(H,24,27)(H,23,25,26). The number of amides is 1. The average Bonchev–Trinajstić information content (AvgIpc) is 3.26. The molecule has 4 aromatic rings. The predicted molar refractivity (Wildman–Crippen MR) is 115 cm³/mol. The van der Waals surface area contributed by atoms with Gasteiger partial charge in [-0.2, -0.15) is 5.10 Å². The van der Waals surface area contributed by atoms with Crippen LogP contribution in [0.1, 0.15) is 22.8 Å². The number of ether oxygens (including phenoxy) is 1. The zero-order chi connectivity index (χ0) is 21.8. The lowest BCUT2D eigenvalue weighted by atomic mass is 10.2. The first-order valence-electron chi connectivity index (χ1n) is 9.61. The van der Waals surface area contributed by atoms with Gasteiger partial charge in [-0.25, -0.2) is 13.4 Å². The molecule has 9 heteroatoms.